The topological polar surface area (TPSA) is 55.8 Å². The third-order valence-electron chi connectivity index (χ3n) is 4.51. The molecule has 1 amide bonds. The van der Waals surface area contributed by atoms with Crippen molar-refractivity contribution in [3.8, 4) is 0 Å². The fourth-order valence-electron chi connectivity index (χ4n) is 3.28. The number of carbonyl (C=O) groups is 2. The van der Waals surface area contributed by atoms with E-state index in [9.17, 15) is 14.0 Å². The molecule has 128 valence electrons. The highest BCUT2D eigenvalue weighted by atomic mass is 19.1. The molecule has 1 heterocycles. The quantitative estimate of drug-likeness (QED) is 0.630. The van der Waals surface area contributed by atoms with Gasteiger partial charge in [0.2, 0.25) is 0 Å². The van der Waals surface area contributed by atoms with Crippen LogP contribution in [0, 0.1) is 5.82 Å². The molecule has 3 rings (SSSR count). The third-order valence-corrected chi connectivity index (χ3v) is 4.51. The van der Waals surface area contributed by atoms with Crippen LogP contribution in [0.5, 0.6) is 0 Å². The average molecular weight is 333 g/mol. The van der Waals surface area contributed by atoms with E-state index < -0.39 is 5.97 Å². The Morgan fingerprint density at radius 3 is 2.75 bits per heavy atom. The number of hydrogen-bond donors (Lipinski definition) is 0. The Bertz CT molecular complexity index is 655. The van der Waals surface area contributed by atoms with Crippen molar-refractivity contribution in [2.75, 3.05) is 13.7 Å². The van der Waals surface area contributed by atoms with Crippen LogP contribution < -0.4 is 0 Å². The zero-order chi connectivity index (χ0) is 17.1. The van der Waals surface area contributed by atoms with Crippen LogP contribution in [0.25, 0.3) is 6.08 Å². The van der Waals surface area contributed by atoms with E-state index in [1.165, 1.54) is 19.2 Å². The van der Waals surface area contributed by atoms with Crippen LogP contribution in [-0.2, 0) is 19.1 Å². The summed E-state index contributed by atoms with van der Waals surface area (Å²) >= 11 is 0. The number of ether oxygens (including phenoxy) is 2. The summed E-state index contributed by atoms with van der Waals surface area (Å²) in [6.45, 7) is -0.0827. The number of halogens is 1. The van der Waals surface area contributed by atoms with Gasteiger partial charge in [-0.2, -0.15) is 0 Å². The first-order valence-electron chi connectivity index (χ1n) is 8.10. The second-order valence-corrected chi connectivity index (χ2v) is 6.08. The van der Waals surface area contributed by atoms with Crippen molar-refractivity contribution in [1.29, 1.82) is 0 Å². The Labute approximate surface area is 140 Å². The number of methoxy groups -OCH3 is 1. The molecule has 1 saturated heterocycles. The molecule has 0 spiro atoms. The zero-order valence-corrected chi connectivity index (χ0v) is 13.5. The standard InChI is InChI=1S/C18H20FNO4/c1-23-17(21)11-20-14-4-2-3-5-15(14)24-16(18(20)22)10-12-6-8-13(19)9-7-12/h6-10,14-15H,2-5,11H2,1H3/b16-10+. The maximum atomic E-state index is 13.0. The predicted molar refractivity (Wildman–Crippen MR) is 85.2 cm³/mol. The fraction of sp³-hybridized carbons (Fsp3) is 0.444. The molecule has 0 aromatic heterocycles. The van der Waals surface area contributed by atoms with Crippen molar-refractivity contribution in [1.82, 2.24) is 4.90 Å². The maximum Gasteiger partial charge on any atom is 0.325 e. The van der Waals surface area contributed by atoms with Crippen LogP contribution in [0.15, 0.2) is 30.0 Å². The highest BCUT2D eigenvalue weighted by molar-refractivity contribution is 5.98. The van der Waals surface area contributed by atoms with Gasteiger partial charge in [0.1, 0.15) is 18.5 Å². The van der Waals surface area contributed by atoms with Crippen LogP contribution in [0.4, 0.5) is 4.39 Å². The van der Waals surface area contributed by atoms with Crippen molar-refractivity contribution in [2.45, 2.75) is 37.8 Å². The van der Waals surface area contributed by atoms with Gasteiger partial charge in [0.05, 0.1) is 13.2 Å². The van der Waals surface area contributed by atoms with Gasteiger partial charge in [-0.05, 0) is 43.0 Å². The average Bonchev–Trinajstić information content (AvgIpc) is 2.60. The summed E-state index contributed by atoms with van der Waals surface area (Å²) < 4.78 is 23.6. The molecular weight excluding hydrogens is 313 g/mol. The van der Waals surface area contributed by atoms with E-state index in [2.05, 4.69) is 0 Å². The molecule has 1 aliphatic carbocycles. The SMILES string of the molecule is COC(=O)CN1C(=O)/C(=C\c2ccc(F)cc2)OC2CCCCC21. The number of amides is 1. The molecule has 1 saturated carbocycles. The molecule has 0 radical (unpaired) electrons. The second-order valence-electron chi connectivity index (χ2n) is 6.08. The van der Waals surface area contributed by atoms with Crippen molar-refractivity contribution < 1.29 is 23.5 Å². The summed E-state index contributed by atoms with van der Waals surface area (Å²) in [5.74, 6) is -0.926. The van der Waals surface area contributed by atoms with Gasteiger partial charge in [-0.15, -0.1) is 0 Å². The third kappa shape index (κ3) is 3.42. The molecule has 0 N–H and O–H groups in total. The van der Waals surface area contributed by atoms with Crippen LogP contribution in [0.3, 0.4) is 0 Å². The van der Waals surface area contributed by atoms with E-state index in [0.717, 1.165) is 25.7 Å². The molecule has 1 aliphatic heterocycles. The van der Waals surface area contributed by atoms with Gasteiger partial charge in [-0.1, -0.05) is 18.6 Å². The summed E-state index contributed by atoms with van der Waals surface area (Å²) in [5, 5.41) is 0. The van der Waals surface area contributed by atoms with Crippen LogP contribution in [0.1, 0.15) is 31.2 Å². The van der Waals surface area contributed by atoms with Gasteiger partial charge in [0, 0.05) is 0 Å². The van der Waals surface area contributed by atoms with E-state index in [4.69, 9.17) is 9.47 Å². The number of nitrogens with zero attached hydrogens (tertiary/aromatic N) is 1. The highest BCUT2D eigenvalue weighted by Crippen LogP contribution is 2.33. The van der Waals surface area contributed by atoms with E-state index >= 15 is 0 Å². The van der Waals surface area contributed by atoms with Gasteiger partial charge >= 0.3 is 5.97 Å². The summed E-state index contributed by atoms with van der Waals surface area (Å²) in [5.41, 5.74) is 0.673. The summed E-state index contributed by atoms with van der Waals surface area (Å²) in [7, 11) is 1.31. The normalized spacial score (nSPS) is 25.2. The molecule has 2 unspecified atom stereocenters. The Morgan fingerprint density at radius 1 is 1.33 bits per heavy atom. The zero-order valence-electron chi connectivity index (χ0n) is 13.5. The molecule has 1 aromatic rings. The highest BCUT2D eigenvalue weighted by Gasteiger charge is 2.42. The number of carbonyl (C=O) groups excluding carboxylic acids is 2. The first-order chi connectivity index (χ1) is 11.6. The lowest BCUT2D eigenvalue weighted by Gasteiger charge is -2.43. The molecule has 5 nitrogen and oxygen atoms in total. The Balaban J connectivity index is 1.88. The monoisotopic (exact) mass is 333 g/mol. The van der Waals surface area contributed by atoms with Gasteiger partial charge in [0.25, 0.3) is 5.91 Å². The van der Waals surface area contributed by atoms with Crippen molar-refractivity contribution in [3.05, 3.63) is 41.4 Å². The Morgan fingerprint density at radius 2 is 2.04 bits per heavy atom. The minimum atomic E-state index is -0.448. The van der Waals surface area contributed by atoms with E-state index in [0.29, 0.717) is 5.56 Å². The lowest BCUT2D eigenvalue weighted by atomic mass is 9.89. The minimum absolute atomic E-state index is 0.0827. The van der Waals surface area contributed by atoms with Crippen molar-refractivity contribution in [3.63, 3.8) is 0 Å². The first-order valence-corrected chi connectivity index (χ1v) is 8.10. The van der Waals surface area contributed by atoms with Gasteiger partial charge in [0.15, 0.2) is 5.76 Å². The largest absolute Gasteiger partial charge is 0.482 e. The lowest BCUT2D eigenvalue weighted by molar-refractivity contribution is -0.158. The summed E-state index contributed by atoms with van der Waals surface area (Å²) in [6, 6.07) is 5.72. The van der Waals surface area contributed by atoms with E-state index in [1.54, 1.807) is 23.1 Å². The van der Waals surface area contributed by atoms with Crippen molar-refractivity contribution >= 4 is 18.0 Å². The molecule has 6 heteroatoms. The predicted octanol–water partition coefficient (Wildman–Crippen LogP) is 2.51. The lowest BCUT2D eigenvalue weighted by Crippen LogP contribution is -2.56. The number of esters is 1. The number of morpholine rings is 1. The van der Waals surface area contributed by atoms with Crippen LogP contribution >= 0.6 is 0 Å². The molecule has 2 fully saturated rings. The van der Waals surface area contributed by atoms with E-state index in [-0.39, 0.29) is 36.2 Å². The number of hydrogen-bond acceptors (Lipinski definition) is 4. The second kappa shape index (κ2) is 7.03. The number of benzene rings is 1. The van der Waals surface area contributed by atoms with Crippen molar-refractivity contribution in [2.24, 2.45) is 0 Å². The number of rotatable bonds is 3. The Hall–Kier alpha value is -2.37. The maximum absolute atomic E-state index is 13.0. The molecule has 0 bridgehead atoms. The molecule has 2 atom stereocenters. The minimum Gasteiger partial charge on any atom is -0.482 e. The molecule has 24 heavy (non-hydrogen) atoms. The fourth-order valence-corrected chi connectivity index (χ4v) is 3.28. The first kappa shape index (κ1) is 16.5. The summed E-state index contributed by atoms with van der Waals surface area (Å²) in [6.07, 6.45) is 5.18. The summed E-state index contributed by atoms with van der Waals surface area (Å²) in [4.78, 5) is 26.0. The smallest absolute Gasteiger partial charge is 0.325 e. The molecule has 2 aliphatic rings. The molecule has 1 aromatic carbocycles. The molecular formula is C18H20FNO4. The van der Waals surface area contributed by atoms with Crippen LogP contribution in [-0.4, -0.2) is 42.6 Å². The van der Waals surface area contributed by atoms with Gasteiger partial charge in [-0.3, -0.25) is 9.59 Å². The van der Waals surface area contributed by atoms with E-state index in [1.807, 2.05) is 0 Å². The Kier molecular flexibility index (Phi) is 4.83. The van der Waals surface area contributed by atoms with Gasteiger partial charge in [-0.25, -0.2) is 4.39 Å². The number of fused-ring (bicyclic) bond motifs is 1. The van der Waals surface area contributed by atoms with Gasteiger partial charge < -0.3 is 14.4 Å². The van der Waals surface area contributed by atoms with Crippen LogP contribution in [0.2, 0.25) is 0 Å².